The smallest absolute Gasteiger partial charge is 0.171 e. The maximum absolute atomic E-state index is 6.18. The van der Waals surface area contributed by atoms with Gasteiger partial charge >= 0.3 is 0 Å². The van der Waals surface area contributed by atoms with E-state index in [9.17, 15) is 0 Å². The highest BCUT2D eigenvalue weighted by atomic mass is 79.9. The van der Waals surface area contributed by atoms with Crippen molar-refractivity contribution in [2.45, 2.75) is 19.3 Å². The summed E-state index contributed by atoms with van der Waals surface area (Å²) in [6.45, 7) is 0. The van der Waals surface area contributed by atoms with Crippen LogP contribution in [0.25, 0.3) is 10.7 Å². The molecule has 3 rings (SSSR count). The van der Waals surface area contributed by atoms with Crippen molar-refractivity contribution in [3.63, 3.8) is 0 Å². The highest BCUT2D eigenvalue weighted by molar-refractivity contribution is 9.10. The minimum atomic E-state index is 0.586. The Balaban J connectivity index is 2.13. The molecule has 0 aromatic carbocycles. The van der Waals surface area contributed by atoms with Gasteiger partial charge in [-0.25, -0.2) is 9.97 Å². The van der Waals surface area contributed by atoms with Crippen LogP contribution in [0.4, 0.5) is 0 Å². The predicted octanol–water partition coefficient (Wildman–Crippen LogP) is 4.76. The highest BCUT2D eigenvalue weighted by Gasteiger charge is 2.19. The van der Waals surface area contributed by atoms with Gasteiger partial charge in [0.15, 0.2) is 5.82 Å². The van der Waals surface area contributed by atoms with Gasteiger partial charge in [-0.05, 0) is 41.3 Å². The molecule has 2 nitrogen and oxygen atoms in total. The van der Waals surface area contributed by atoms with Gasteiger partial charge in [-0.2, -0.15) is 0 Å². The second-order valence-corrected chi connectivity index (χ2v) is 6.72. The Bertz CT molecular complexity index is 578. The van der Waals surface area contributed by atoms with Crippen molar-refractivity contribution in [1.29, 1.82) is 0 Å². The lowest BCUT2D eigenvalue weighted by atomic mass is 10.2. The first-order valence-electron chi connectivity index (χ1n) is 5.15. The molecule has 17 heavy (non-hydrogen) atoms. The lowest BCUT2D eigenvalue weighted by molar-refractivity contribution is 0.900. The number of hydrogen-bond acceptors (Lipinski definition) is 3. The van der Waals surface area contributed by atoms with Gasteiger partial charge in [0, 0.05) is 15.7 Å². The van der Waals surface area contributed by atoms with E-state index in [1.165, 1.54) is 11.3 Å². The first-order chi connectivity index (χ1) is 8.15. The minimum absolute atomic E-state index is 0.586. The van der Waals surface area contributed by atoms with Gasteiger partial charge in [-0.1, -0.05) is 23.2 Å². The number of aromatic nitrogens is 2. The van der Waals surface area contributed by atoms with Gasteiger partial charge in [-0.3, -0.25) is 0 Å². The SMILES string of the molecule is Clc1nc(-c2cc(Br)c(Cl)s2)nc2c1CCC2. The van der Waals surface area contributed by atoms with E-state index in [-0.39, 0.29) is 0 Å². The number of thiophene rings is 1. The van der Waals surface area contributed by atoms with Crippen LogP contribution in [0, 0.1) is 0 Å². The van der Waals surface area contributed by atoms with Crippen LogP contribution < -0.4 is 0 Å². The molecule has 0 spiro atoms. The molecule has 0 saturated carbocycles. The number of hydrogen-bond donors (Lipinski definition) is 0. The van der Waals surface area contributed by atoms with E-state index < -0.39 is 0 Å². The van der Waals surface area contributed by atoms with Crippen LogP contribution in [0.3, 0.4) is 0 Å². The summed E-state index contributed by atoms with van der Waals surface area (Å²) in [5, 5.41) is 0.586. The number of nitrogens with zero attached hydrogens (tertiary/aromatic N) is 2. The molecule has 0 radical (unpaired) electrons. The van der Waals surface area contributed by atoms with Gasteiger partial charge in [-0.15, -0.1) is 11.3 Å². The molecule has 0 unspecified atom stereocenters. The summed E-state index contributed by atoms with van der Waals surface area (Å²) >= 11 is 17.0. The van der Waals surface area contributed by atoms with Gasteiger partial charge < -0.3 is 0 Å². The average Bonchev–Trinajstić information content (AvgIpc) is 2.87. The molecule has 1 aliphatic rings. The minimum Gasteiger partial charge on any atom is -0.232 e. The van der Waals surface area contributed by atoms with Gasteiger partial charge in [0.25, 0.3) is 0 Å². The summed E-state index contributed by atoms with van der Waals surface area (Å²) in [6, 6.07) is 1.93. The summed E-state index contributed by atoms with van der Waals surface area (Å²) in [7, 11) is 0. The Kier molecular flexibility index (Phi) is 3.15. The van der Waals surface area contributed by atoms with Crippen LogP contribution in [0.2, 0.25) is 9.49 Å². The first-order valence-corrected chi connectivity index (χ1v) is 7.52. The fraction of sp³-hybridized carbons (Fsp3) is 0.273. The molecule has 0 N–H and O–H groups in total. The standard InChI is InChI=1S/C11H7BrCl2N2S/c12-6-4-8(17-10(6)14)11-15-7-3-1-2-5(7)9(13)16-11/h4H,1-3H2. The van der Waals surface area contributed by atoms with Crippen molar-refractivity contribution < 1.29 is 0 Å². The van der Waals surface area contributed by atoms with Crippen molar-refractivity contribution >= 4 is 50.5 Å². The Labute approximate surface area is 121 Å². The summed E-state index contributed by atoms with van der Waals surface area (Å²) in [4.78, 5) is 9.87. The number of aryl methyl sites for hydroxylation is 1. The number of halogens is 3. The third-order valence-electron chi connectivity index (χ3n) is 2.75. The Morgan fingerprint density at radius 2 is 2.06 bits per heavy atom. The average molecular weight is 350 g/mol. The molecular weight excluding hydrogens is 343 g/mol. The lowest BCUT2D eigenvalue weighted by Gasteiger charge is -2.03. The molecule has 6 heteroatoms. The third-order valence-corrected chi connectivity index (χ3v) is 5.53. The van der Waals surface area contributed by atoms with E-state index in [4.69, 9.17) is 23.2 Å². The van der Waals surface area contributed by atoms with E-state index in [2.05, 4.69) is 25.9 Å². The monoisotopic (exact) mass is 348 g/mol. The molecular formula is C11H7BrCl2N2S. The van der Waals surface area contributed by atoms with E-state index in [1.54, 1.807) is 0 Å². The molecule has 0 bridgehead atoms. The Morgan fingerprint density at radius 1 is 1.24 bits per heavy atom. The maximum atomic E-state index is 6.18. The maximum Gasteiger partial charge on any atom is 0.171 e. The van der Waals surface area contributed by atoms with Crippen LogP contribution in [-0.4, -0.2) is 9.97 Å². The normalized spacial score (nSPS) is 14.1. The van der Waals surface area contributed by atoms with Crippen molar-refractivity contribution in [3.8, 4) is 10.7 Å². The number of rotatable bonds is 1. The second-order valence-electron chi connectivity index (χ2n) is 3.85. The zero-order chi connectivity index (χ0) is 12.0. The molecule has 2 heterocycles. The molecule has 0 aliphatic heterocycles. The molecule has 88 valence electrons. The van der Waals surface area contributed by atoms with Crippen LogP contribution >= 0.6 is 50.5 Å². The van der Waals surface area contributed by atoms with Gasteiger partial charge in [0.1, 0.15) is 9.49 Å². The van der Waals surface area contributed by atoms with E-state index in [1.807, 2.05) is 6.07 Å². The zero-order valence-corrected chi connectivity index (χ0v) is 12.5. The van der Waals surface area contributed by atoms with E-state index >= 15 is 0 Å². The molecule has 0 fully saturated rings. The molecule has 2 aromatic heterocycles. The van der Waals surface area contributed by atoms with Crippen LogP contribution in [0.15, 0.2) is 10.5 Å². The first kappa shape index (κ1) is 11.9. The quantitative estimate of drug-likeness (QED) is 0.693. The fourth-order valence-corrected chi connectivity index (χ4v) is 3.87. The molecule has 0 saturated heterocycles. The molecule has 0 atom stereocenters. The Hall–Kier alpha value is -0.160. The predicted molar refractivity (Wildman–Crippen MR) is 75.1 cm³/mol. The Morgan fingerprint density at radius 3 is 2.76 bits per heavy atom. The van der Waals surface area contributed by atoms with Crippen molar-refractivity contribution in [2.24, 2.45) is 0 Å². The summed E-state index contributed by atoms with van der Waals surface area (Å²) in [6.07, 6.45) is 3.09. The number of fused-ring (bicyclic) bond motifs is 1. The fourth-order valence-electron chi connectivity index (χ4n) is 1.95. The van der Waals surface area contributed by atoms with Gasteiger partial charge in [0.05, 0.1) is 4.88 Å². The third kappa shape index (κ3) is 2.12. The zero-order valence-electron chi connectivity index (χ0n) is 8.64. The van der Waals surface area contributed by atoms with Gasteiger partial charge in [0.2, 0.25) is 0 Å². The van der Waals surface area contributed by atoms with Crippen LogP contribution in [-0.2, 0) is 12.8 Å². The van der Waals surface area contributed by atoms with Crippen molar-refractivity contribution in [1.82, 2.24) is 9.97 Å². The summed E-state index contributed by atoms with van der Waals surface area (Å²) < 4.78 is 1.58. The summed E-state index contributed by atoms with van der Waals surface area (Å²) in [5.74, 6) is 0.674. The lowest BCUT2D eigenvalue weighted by Crippen LogP contribution is -1.96. The van der Waals surface area contributed by atoms with E-state index in [0.29, 0.717) is 15.3 Å². The highest BCUT2D eigenvalue weighted by Crippen LogP contribution is 2.38. The molecule has 0 amide bonds. The van der Waals surface area contributed by atoms with Crippen molar-refractivity contribution in [3.05, 3.63) is 31.3 Å². The van der Waals surface area contributed by atoms with Crippen LogP contribution in [0.5, 0.6) is 0 Å². The van der Waals surface area contributed by atoms with Crippen molar-refractivity contribution in [2.75, 3.05) is 0 Å². The molecule has 2 aromatic rings. The van der Waals surface area contributed by atoms with Crippen LogP contribution in [0.1, 0.15) is 17.7 Å². The topological polar surface area (TPSA) is 25.8 Å². The summed E-state index contributed by atoms with van der Waals surface area (Å²) in [5.41, 5.74) is 2.19. The largest absolute Gasteiger partial charge is 0.232 e. The second kappa shape index (κ2) is 4.50. The molecule has 1 aliphatic carbocycles. The van der Waals surface area contributed by atoms with E-state index in [0.717, 1.165) is 39.9 Å².